The molecule has 0 fully saturated rings. The lowest BCUT2D eigenvalue weighted by atomic mass is 10.1. The summed E-state index contributed by atoms with van der Waals surface area (Å²) in [7, 11) is 1.70. The van der Waals surface area contributed by atoms with E-state index in [0.717, 1.165) is 16.5 Å². The van der Waals surface area contributed by atoms with Crippen molar-refractivity contribution in [3.63, 3.8) is 0 Å². The number of nitrogens with one attached hydrogen (secondary N) is 1. The van der Waals surface area contributed by atoms with Crippen LogP contribution in [0.1, 0.15) is 16.1 Å². The summed E-state index contributed by atoms with van der Waals surface area (Å²) in [6.07, 6.45) is 0. The Morgan fingerprint density at radius 3 is 2.67 bits per heavy atom. The van der Waals surface area contributed by atoms with Gasteiger partial charge in [-0.25, -0.2) is 4.39 Å². The van der Waals surface area contributed by atoms with Gasteiger partial charge in [0.1, 0.15) is 5.82 Å². The highest BCUT2D eigenvalue weighted by Crippen LogP contribution is 2.17. The van der Waals surface area contributed by atoms with E-state index in [1.165, 1.54) is 12.1 Å². The SMILES string of the molecule is CN(Cc1ccc(F)cc1)C(=O)c1n[nH]c2ccccc12. The summed E-state index contributed by atoms with van der Waals surface area (Å²) in [6.45, 7) is 0.403. The second-order valence-electron chi connectivity index (χ2n) is 4.91. The van der Waals surface area contributed by atoms with Crippen molar-refractivity contribution >= 4 is 16.8 Å². The van der Waals surface area contributed by atoms with E-state index in [-0.39, 0.29) is 11.7 Å². The van der Waals surface area contributed by atoms with Crippen molar-refractivity contribution in [2.75, 3.05) is 7.05 Å². The third kappa shape index (κ3) is 2.63. The van der Waals surface area contributed by atoms with Crippen molar-refractivity contribution in [1.29, 1.82) is 0 Å². The first-order valence-electron chi connectivity index (χ1n) is 6.58. The first kappa shape index (κ1) is 13.3. The van der Waals surface area contributed by atoms with E-state index in [4.69, 9.17) is 0 Å². The number of hydrogen-bond donors (Lipinski definition) is 1. The van der Waals surface area contributed by atoms with Crippen molar-refractivity contribution in [3.05, 3.63) is 65.6 Å². The predicted octanol–water partition coefficient (Wildman–Crippen LogP) is 2.97. The highest BCUT2D eigenvalue weighted by atomic mass is 19.1. The van der Waals surface area contributed by atoms with Gasteiger partial charge in [-0.1, -0.05) is 30.3 Å². The van der Waals surface area contributed by atoms with Crippen LogP contribution in [0.15, 0.2) is 48.5 Å². The number of H-pyrrole nitrogens is 1. The number of fused-ring (bicyclic) bond motifs is 1. The molecule has 0 radical (unpaired) electrons. The van der Waals surface area contributed by atoms with Crippen LogP contribution in [0.5, 0.6) is 0 Å². The summed E-state index contributed by atoms with van der Waals surface area (Å²) in [5.74, 6) is -0.456. The first-order valence-corrected chi connectivity index (χ1v) is 6.58. The molecule has 1 heterocycles. The van der Waals surface area contributed by atoms with Gasteiger partial charge in [0.05, 0.1) is 5.52 Å². The lowest BCUT2D eigenvalue weighted by Crippen LogP contribution is -2.26. The molecule has 0 unspecified atom stereocenters. The minimum atomic E-state index is -0.286. The number of carbonyl (C=O) groups is 1. The molecule has 3 rings (SSSR count). The molecule has 0 aliphatic carbocycles. The van der Waals surface area contributed by atoms with Crippen LogP contribution in [0.2, 0.25) is 0 Å². The third-order valence-corrected chi connectivity index (χ3v) is 3.35. The Bertz CT molecular complexity index is 780. The Balaban J connectivity index is 1.82. The number of hydrogen-bond acceptors (Lipinski definition) is 2. The Kier molecular flexibility index (Phi) is 3.39. The number of halogens is 1. The van der Waals surface area contributed by atoms with E-state index in [1.54, 1.807) is 24.1 Å². The van der Waals surface area contributed by atoms with Gasteiger partial charge in [0.25, 0.3) is 5.91 Å². The summed E-state index contributed by atoms with van der Waals surface area (Å²) < 4.78 is 12.9. The number of carbonyl (C=O) groups excluding carboxylic acids is 1. The van der Waals surface area contributed by atoms with E-state index in [0.29, 0.717) is 12.2 Å². The highest BCUT2D eigenvalue weighted by molar-refractivity contribution is 6.04. The number of nitrogens with zero attached hydrogens (tertiary/aromatic N) is 2. The summed E-state index contributed by atoms with van der Waals surface area (Å²) in [5, 5.41) is 7.74. The predicted molar refractivity (Wildman–Crippen MR) is 78.3 cm³/mol. The molecule has 0 aliphatic rings. The van der Waals surface area contributed by atoms with Crippen LogP contribution in [0.4, 0.5) is 4.39 Å². The van der Waals surface area contributed by atoms with E-state index in [1.807, 2.05) is 24.3 Å². The molecule has 0 saturated heterocycles. The zero-order valence-electron chi connectivity index (χ0n) is 11.5. The van der Waals surface area contributed by atoms with E-state index < -0.39 is 0 Å². The molecule has 1 N–H and O–H groups in total. The fourth-order valence-corrected chi connectivity index (χ4v) is 2.24. The number of amides is 1. The van der Waals surface area contributed by atoms with Crippen LogP contribution in [-0.4, -0.2) is 28.1 Å². The van der Waals surface area contributed by atoms with Gasteiger partial charge >= 0.3 is 0 Å². The standard InChI is InChI=1S/C16H14FN3O/c1-20(10-11-6-8-12(17)9-7-11)16(21)15-13-4-2-3-5-14(13)18-19-15/h2-9H,10H2,1H3,(H,18,19). The van der Waals surface area contributed by atoms with E-state index >= 15 is 0 Å². The quantitative estimate of drug-likeness (QED) is 0.803. The normalized spacial score (nSPS) is 10.8. The molecule has 0 atom stereocenters. The maximum absolute atomic E-state index is 12.9. The van der Waals surface area contributed by atoms with Crippen molar-refractivity contribution in [2.24, 2.45) is 0 Å². The van der Waals surface area contributed by atoms with Crippen molar-refractivity contribution in [2.45, 2.75) is 6.54 Å². The molecule has 1 amide bonds. The minimum absolute atomic E-state index is 0.170. The molecule has 2 aromatic carbocycles. The smallest absolute Gasteiger partial charge is 0.275 e. The van der Waals surface area contributed by atoms with Crippen LogP contribution in [0.25, 0.3) is 10.9 Å². The van der Waals surface area contributed by atoms with Crippen LogP contribution >= 0.6 is 0 Å². The largest absolute Gasteiger partial charge is 0.336 e. The van der Waals surface area contributed by atoms with Gasteiger partial charge < -0.3 is 4.90 Å². The zero-order valence-corrected chi connectivity index (χ0v) is 11.5. The Morgan fingerprint density at radius 1 is 1.19 bits per heavy atom. The van der Waals surface area contributed by atoms with Crippen molar-refractivity contribution in [1.82, 2.24) is 15.1 Å². The van der Waals surface area contributed by atoms with Gasteiger partial charge in [-0.2, -0.15) is 5.10 Å². The molecule has 21 heavy (non-hydrogen) atoms. The third-order valence-electron chi connectivity index (χ3n) is 3.35. The number of rotatable bonds is 3. The topological polar surface area (TPSA) is 49.0 Å². The molecule has 0 spiro atoms. The van der Waals surface area contributed by atoms with Crippen LogP contribution in [0, 0.1) is 5.82 Å². The maximum Gasteiger partial charge on any atom is 0.275 e. The van der Waals surface area contributed by atoms with Crippen molar-refractivity contribution < 1.29 is 9.18 Å². The van der Waals surface area contributed by atoms with E-state index in [2.05, 4.69) is 10.2 Å². The molecular weight excluding hydrogens is 269 g/mol. The van der Waals surface area contributed by atoms with Gasteiger partial charge in [-0.05, 0) is 23.8 Å². The lowest BCUT2D eigenvalue weighted by Gasteiger charge is -2.16. The summed E-state index contributed by atoms with van der Waals surface area (Å²) in [6, 6.07) is 13.6. The monoisotopic (exact) mass is 283 g/mol. The number of aromatic nitrogens is 2. The lowest BCUT2D eigenvalue weighted by molar-refractivity contribution is 0.0781. The van der Waals surface area contributed by atoms with Gasteiger partial charge in [0.15, 0.2) is 5.69 Å². The van der Waals surface area contributed by atoms with Crippen LogP contribution < -0.4 is 0 Å². The molecule has 106 valence electrons. The van der Waals surface area contributed by atoms with Gasteiger partial charge in [0.2, 0.25) is 0 Å². The molecular formula is C16H14FN3O. The number of aromatic amines is 1. The van der Waals surface area contributed by atoms with Gasteiger partial charge in [0, 0.05) is 19.0 Å². The van der Waals surface area contributed by atoms with Crippen LogP contribution in [-0.2, 0) is 6.54 Å². The first-order chi connectivity index (χ1) is 10.1. The average molecular weight is 283 g/mol. The summed E-state index contributed by atoms with van der Waals surface area (Å²) in [5.41, 5.74) is 2.10. The second-order valence-corrected chi connectivity index (χ2v) is 4.91. The molecule has 3 aromatic rings. The zero-order chi connectivity index (χ0) is 14.8. The van der Waals surface area contributed by atoms with Crippen molar-refractivity contribution in [3.8, 4) is 0 Å². The van der Waals surface area contributed by atoms with Gasteiger partial charge in [-0.15, -0.1) is 0 Å². The molecule has 1 aromatic heterocycles. The fraction of sp³-hybridized carbons (Fsp3) is 0.125. The Morgan fingerprint density at radius 2 is 1.90 bits per heavy atom. The molecule has 5 heteroatoms. The molecule has 0 aliphatic heterocycles. The summed E-state index contributed by atoms with van der Waals surface area (Å²) >= 11 is 0. The minimum Gasteiger partial charge on any atom is -0.336 e. The van der Waals surface area contributed by atoms with Gasteiger partial charge in [-0.3, -0.25) is 9.89 Å². The number of para-hydroxylation sites is 1. The molecule has 0 saturated carbocycles. The molecule has 0 bridgehead atoms. The second kappa shape index (κ2) is 5.36. The van der Waals surface area contributed by atoms with Crippen LogP contribution in [0.3, 0.4) is 0 Å². The Hall–Kier alpha value is -2.69. The van der Waals surface area contributed by atoms with E-state index in [9.17, 15) is 9.18 Å². The fourth-order valence-electron chi connectivity index (χ4n) is 2.24. The maximum atomic E-state index is 12.9. The average Bonchev–Trinajstić information content (AvgIpc) is 2.92. The molecule has 4 nitrogen and oxygen atoms in total. The number of benzene rings is 2. The Labute approximate surface area is 121 Å². The highest BCUT2D eigenvalue weighted by Gasteiger charge is 2.18. The summed E-state index contributed by atoms with van der Waals surface area (Å²) in [4.78, 5) is 14.0.